The minimum Gasteiger partial charge on any atom is -0.340 e. The second-order valence-corrected chi connectivity index (χ2v) is 7.49. The number of hydrogen-bond acceptors (Lipinski definition) is 3. The molecule has 2 fully saturated rings. The van der Waals surface area contributed by atoms with E-state index in [0.717, 1.165) is 38.2 Å². The van der Waals surface area contributed by atoms with E-state index in [2.05, 4.69) is 24.1 Å². The van der Waals surface area contributed by atoms with Crippen molar-refractivity contribution in [3.8, 4) is 0 Å². The van der Waals surface area contributed by atoms with Crippen LogP contribution in [0.3, 0.4) is 0 Å². The summed E-state index contributed by atoms with van der Waals surface area (Å²) < 4.78 is 0.328. The number of amides is 1. The van der Waals surface area contributed by atoms with Gasteiger partial charge < -0.3 is 10.2 Å². The molecule has 1 N–H and O–H groups in total. The van der Waals surface area contributed by atoms with Crippen molar-refractivity contribution in [3.05, 3.63) is 0 Å². The molecular weight excluding hydrogens is 232 g/mol. The molecule has 0 aromatic heterocycles. The summed E-state index contributed by atoms with van der Waals surface area (Å²) >= 11 is 1.99. The lowest BCUT2D eigenvalue weighted by Crippen LogP contribution is -2.49. The van der Waals surface area contributed by atoms with Gasteiger partial charge in [0.2, 0.25) is 5.91 Å². The molecule has 1 atom stereocenters. The van der Waals surface area contributed by atoms with E-state index in [1.807, 2.05) is 11.8 Å². The molecule has 0 spiro atoms. The maximum atomic E-state index is 12.4. The molecule has 2 rings (SSSR count). The number of piperidine rings is 1. The van der Waals surface area contributed by atoms with Gasteiger partial charge in [-0.15, -0.1) is 0 Å². The van der Waals surface area contributed by atoms with Gasteiger partial charge in [0.25, 0.3) is 0 Å². The van der Waals surface area contributed by atoms with Crippen LogP contribution in [-0.4, -0.2) is 47.0 Å². The van der Waals surface area contributed by atoms with E-state index in [0.29, 0.717) is 10.7 Å². The third-order valence-corrected chi connectivity index (χ3v) is 5.13. The molecule has 0 aromatic carbocycles. The van der Waals surface area contributed by atoms with E-state index in [1.54, 1.807) is 0 Å². The van der Waals surface area contributed by atoms with Crippen LogP contribution < -0.4 is 5.32 Å². The van der Waals surface area contributed by atoms with Crippen LogP contribution in [0.5, 0.6) is 0 Å². The number of nitrogens with zero attached hydrogens (tertiary/aromatic N) is 1. The minimum atomic E-state index is 0.0926. The summed E-state index contributed by atoms with van der Waals surface area (Å²) in [6.45, 7) is 7.42. The molecule has 4 heteroatoms. The summed E-state index contributed by atoms with van der Waals surface area (Å²) in [5.74, 6) is 1.41. The Morgan fingerprint density at radius 1 is 1.35 bits per heavy atom. The zero-order chi connectivity index (χ0) is 12.3. The van der Waals surface area contributed by atoms with Crippen molar-refractivity contribution in [2.45, 2.75) is 50.3 Å². The molecule has 2 aliphatic rings. The fourth-order valence-corrected chi connectivity index (χ4v) is 3.62. The molecule has 98 valence electrons. The Morgan fingerprint density at radius 2 is 2.18 bits per heavy atom. The van der Waals surface area contributed by atoms with Crippen LogP contribution in [-0.2, 0) is 4.79 Å². The molecule has 1 amide bonds. The Morgan fingerprint density at radius 3 is 2.88 bits per heavy atom. The van der Waals surface area contributed by atoms with E-state index in [9.17, 15) is 4.79 Å². The summed E-state index contributed by atoms with van der Waals surface area (Å²) in [4.78, 5) is 14.4. The van der Waals surface area contributed by atoms with Gasteiger partial charge in [0.1, 0.15) is 0 Å². The van der Waals surface area contributed by atoms with Gasteiger partial charge in [-0.1, -0.05) is 20.3 Å². The highest BCUT2D eigenvalue weighted by Gasteiger charge is 2.29. The molecule has 2 aliphatic heterocycles. The molecular formula is C13H24N2OS. The Bertz CT molecular complexity index is 275. The SMILES string of the molecule is CC1(C)CCN(C(=O)[C@H]2CCCCN2)CCS1. The fraction of sp³-hybridized carbons (Fsp3) is 0.923. The summed E-state index contributed by atoms with van der Waals surface area (Å²) in [6, 6.07) is 0.0926. The van der Waals surface area contributed by atoms with Crippen LogP contribution in [0.25, 0.3) is 0 Å². The molecule has 17 heavy (non-hydrogen) atoms. The number of carbonyl (C=O) groups is 1. The van der Waals surface area contributed by atoms with Crippen LogP contribution in [0.4, 0.5) is 0 Å². The van der Waals surface area contributed by atoms with Gasteiger partial charge in [-0.05, 0) is 25.8 Å². The lowest BCUT2D eigenvalue weighted by molar-refractivity contribution is -0.133. The highest BCUT2D eigenvalue weighted by atomic mass is 32.2. The van der Waals surface area contributed by atoms with Gasteiger partial charge in [-0.25, -0.2) is 0 Å². The minimum absolute atomic E-state index is 0.0926. The van der Waals surface area contributed by atoms with Crippen LogP contribution >= 0.6 is 11.8 Å². The van der Waals surface area contributed by atoms with Gasteiger partial charge in [0.15, 0.2) is 0 Å². The quantitative estimate of drug-likeness (QED) is 0.777. The maximum absolute atomic E-state index is 12.4. The van der Waals surface area contributed by atoms with E-state index >= 15 is 0 Å². The maximum Gasteiger partial charge on any atom is 0.239 e. The highest BCUT2D eigenvalue weighted by Crippen LogP contribution is 2.30. The second kappa shape index (κ2) is 5.61. The van der Waals surface area contributed by atoms with Crippen molar-refractivity contribution in [2.24, 2.45) is 0 Å². The smallest absolute Gasteiger partial charge is 0.239 e. The molecule has 0 unspecified atom stereocenters. The van der Waals surface area contributed by atoms with Gasteiger partial charge >= 0.3 is 0 Å². The largest absolute Gasteiger partial charge is 0.340 e. The molecule has 0 aliphatic carbocycles. The third kappa shape index (κ3) is 3.62. The van der Waals surface area contributed by atoms with Crippen LogP contribution in [0, 0.1) is 0 Å². The summed E-state index contributed by atoms with van der Waals surface area (Å²) in [5.41, 5.74) is 0. The zero-order valence-electron chi connectivity index (χ0n) is 11.0. The first-order valence-electron chi connectivity index (χ1n) is 6.75. The first kappa shape index (κ1) is 13.2. The number of hydrogen-bond donors (Lipinski definition) is 1. The van der Waals surface area contributed by atoms with Gasteiger partial charge in [0, 0.05) is 23.6 Å². The van der Waals surface area contributed by atoms with Crippen molar-refractivity contribution in [3.63, 3.8) is 0 Å². The van der Waals surface area contributed by atoms with Gasteiger partial charge in [-0.2, -0.15) is 11.8 Å². The van der Waals surface area contributed by atoms with E-state index in [-0.39, 0.29) is 6.04 Å². The van der Waals surface area contributed by atoms with Gasteiger partial charge in [0.05, 0.1) is 6.04 Å². The topological polar surface area (TPSA) is 32.3 Å². The standard InChI is InChI=1S/C13H24N2OS/c1-13(2)6-8-15(9-10-17-13)12(16)11-5-3-4-7-14-11/h11,14H,3-10H2,1-2H3/t11-/m1/s1. The lowest BCUT2D eigenvalue weighted by atomic mass is 10.0. The molecule has 3 nitrogen and oxygen atoms in total. The molecule has 0 bridgehead atoms. The highest BCUT2D eigenvalue weighted by molar-refractivity contribution is 8.00. The number of nitrogens with one attached hydrogen (secondary N) is 1. The van der Waals surface area contributed by atoms with Crippen molar-refractivity contribution >= 4 is 17.7 Å². The first-order valence-corrected chi connectivity index (χ1v) is 7.73. The van der Waals surface area contributed by atoms with Crippen LogP contribution in [0.15, 0.2) is 0 Å². The molecule has 2 saturated heterocycles. The Hall–Kier alpha value is -0.220. The van der Waals surface area contributed by atoms with Crippen molar-refractivity contribution in [1.29, 1.82) is 0 Å². The molecule has 0 aromatic rings. The monoisotopic (exact) mass is 256 g/mol. The van der Waals surface area contributed by atoms with Crippen LogP contribution in [0.2, 0.25) is 0 Å². The molecule has 2 heterocycles. The van der Waals surface area contributed by atoms with E-state index < -0.39 is 0 Å². The molecule has 0 saturated carbocycles. The van der Waals surface area contributed by atoms with Crippen molar-refractivity contribution < 1.29 is 4.79 Å². The Labute approximate surface area is 109 Å². The summed E-state index contributed by atoms with van der Waals surface area (Å²) in [7, 11) is 0. The predicted octanol–water partition coefficient (Wildman–Crippen LogP) is 1.87. The average Bonchev–Trinajstić information content (AvgIpc) is 2.50. The predicted molar refractivity (Wildman–Crippen MR) is 73.4 cm³/mol. The second-order valence-electron chi connectivity index (χ2n) is 5.69. The third-order valence-electron chi connectivity index (χ3n) is 3.76. The van der Waals surface area contributed by atoms with E-state index in [1.165, 1.54) is 12.8 Å². The normalized spacial score (nSPS) is 29.8. The van der Waals surface area contributed by atoms with E-state index in [4.69, 9.17) is 0 Å². The number of thioether (sulfide) groups is 1. The summed E-state index contributed by atoms with van der Waals surface area (Å²) in [5, 5.41) is 3.36. The Balaban J connectivity index is 1.90. The first-order chi connectivity index (χ1) is 8.08. The Kier molecular flexibility index (Phi) is 4.36. The van der Waals surface area contributed by atoms with Gasteiger partial charge in [-0.3, -0.25) is 4.79 Å². The molecule has 0 radical (unpaired) electrons. The van der Waals surface area contributed by atoms with Crippen molar-refractivity contribution in [2.75, 3.05) is 25.4 Å². The van der Waals surface area contributed by atoms with Crippen molar-refractivity contribution in [1.82, 2.24) is 10.2 Å². The number of rotatable bonds is 1. The average molecular weight is 256 g/mol. The van der Waals surface area contributed by atoms with Crippen LogP contribution in [0.1, 0.15) is 39.5 Å². The fourth-order valence-electron chi connectivity index (χ4n) is 2.52. The lowest BCUT2D eigenvalue weighted by Gasteiger charge is -2.29. The zero-order valence-corrected chi connectivity index (χ0v) is 11.8. The summed E-state index contributed by atoms with van der Waals surface area (Å²) in [6.07, 6.45) is 4.53. The number of carbonyl (C=O) groups excluding carboxylic acids is 1.